The second kappa shape index (κ2) is 4.18. The van der Waals surface area contributed by atoms with Crippen LogP contribution < -0.4 is 0 Å². The summed E-state index contributed by atoms with van der Waals surface area (Å²) in [5.74, 6) is 0. The van der Waals surface area contributed by atoms with Gasteiger partial charge in [0.05, 0.1) is 6.10 Å². The summed E-state index contributed by atoms with van der Waals surface area (Å²) in [6, 6.07) is -0.0769. The van der Waals surface area contributed by atoms with Gasteiger partial charge in [-0.15, -0.1) is 0 Å². The minimum absolute atomic E-state index is 0.0769. The van der Waals surface area contributed by atoms with Gasteiger partial charge in [0.2, 0.25) is 0 Å². The lowest BCUT2D eigenvalue weighted by Crippen LogP contribution is -2.37. The Morgan fingerprint density at radius 2 is 1.75 bits per heavy atom. The maximum absolute atomic E-state index is 10.3. The smallest absolute Gasteiger partial charge is 0.304 e. The van der Waals surface area contributed by atoms with Crippen molar-refractivity contribution in [3.8, 4) is 0 Å². The number of hydrogen-bond acceptors (Lipinski definition) is 4. The Morgan fingerprint density at radius 3 is 2.00 bits per heavy atom. The van der Waals surface area contributed by atoms with Crippen molar-refractivity contribution in [1.29, 1.82) is 0 Å². The molecule has 5 nitrogen and oxygen atoms in total. The molecule has 0 rings (SSSR count). The SMILES string of the molecule is CC(OS(=O)(=O)O)C(C)N(C)C. The quantitative estimate of drug-likeness (QED) is 0.649. The first-order valence-corrected chi connectivity index (χ1v) is 4.92. The summed E-state index contributed by atoms with van der Waals surface area (Å²) in [6.45, 7) is 3.38. The highest BCUT2D eigenvalue weighted by Crippen LogP contribution is 2.05. The van der Waals surface area contributed by atoms with E-state index in [0.717, 1.165) is 0 Å². The van der Waals surface area contributed by atoms with Gasteiger partial charge in [0.1, 0.15) is 0 Å². The minimum atomic E-state index is -4.33. The van der Waals surface area contributed by atoms with Crippen molar-refractivity contribution in [3.63, 3.8) is 0 Å². The normalized spacial score (nSPS) is 17.8. The van der Waals surface area contributed by atoms with E-state index in [-0.39, 0.29) is 6.04 Å². The maximum Gasteiger partial charge on any atom is 0.397 e. The van der Waals surface area contributed by atoms with Crippen LogP contribution in [0.15, 0.2) is 0 Å². The van der Waals surface area contributed by atoms with Crippen molar-refractivity contribution >= 4 is 10.4 Å². The molecule has 0 fully saturated rings. The Balaban J connectivity index is 4.14. The molecule has 0 radical (unpaired) electrons. The van der Waals surface area contributed by atoms with E-state index >= 15 is 0 Å². The molecule has 0 aromatic carbocycles. The van der Waals surface area contributed by atoms with Gasteiger partial charge < -0.3 is 4.90 Å². The van der Waals surface area contributed by atoms with Crippen LogP contribution in [0.2, 0.25) is 0 Å². The van der Waals surface area contributed by atoms with Crippen molar-refractivity contribution < 1.29 is 17.2 Å². The van der Waals surface area contributed by atoms with Crippen LogP contribution in [-0.4, -0.2) is 44.1 Å². The number of likely N-dealkylation sites (N-methyl/N-ethyl adjacent to an activating group) is 1. The zero-order valence-corrected chi connectivity index (χ0v) is 8.50. The second-order valence-electron chi connectivity index (χ2n) is 2.93. The van der Waals surface area contributed by atoms with E-state index < -0.39 is 16.5 Å². The lowest BCUT2D eigenvalue weighted by atomic mass is 10.2. The monoisotopic (exact) mass is 197 g/mol. The van der Waals surface area contributed by atoms with Crippen molar-refractivity contribution in [3.05, 3.63) is 0 Å². The van der Waals surface area contributed by atoms with Gasteiger partial charge in [-0.2, -0.15) is 8.42 Å². The van der Waals surface area contributed by atoms with Gasteiger partial charge in [0.15, 0.2) is 0 Å². The van der Waals surface area contributed by atoms with Crippen LogP contribution in [-0.2, 0) is 14.6 Å². The van der Waals surface area contributed by atoms with Crippen LogP contribution in [0, 0.1) is 0 Å². The van der Waals surface area contributed by atoms with Gasteiger partial charge in [0, 0.05) is 6.04 Å². The van der Waals surface area contributed by atoms with Crippen LogP contribution >= 0.6 is 0 Å². The Hall–Kier alpha value is -0.170. The molecule has 6 heteroatoms. The van der Waals surface area contributed by atoms with Crippen LogP contribution in [0.25, 0.3) is 0 Å². The fourth-order valence-corrected chi connectivity index (χ4v) is 1.24. The molecule has 1 N–H and O–H groups in total. The zero-order chi connectivity index (χ0) is 9.94. The fraction of sp³-hybridized carbons (Fsp3) is 1.00. The van der Waals surface area contributed by atoms with Gasteiger partial charge >= 0.3 is 10.4 Å². The van der Waals surface area contributed by atoms with Gasteiger partial charge in [-0.05, 0) is 27.9 Å². The van der Waals surface area contributed by atoms with E-state index in [1.807, 2.05) is 0 Å². The molecule has 2 unspecified atom stereocenters. The van der Waals surface area contributed by atoms with Gasteiger partial charge in [-0.25, -0.2) is 4.18 Å². The molecule has 2 atom stereocenters. The van der Waals surface area contributed by atoms with E-state index in [1.165, 1.54) is 0 Å². The summed E-state index contributed by atoms with van der Waals surface area (Å²) in [5.41, 5.74) is 0. The summed E-state index contributed by atoms with van der Waals surface area (Å²) in [5, 5.41) is 0. The highest BCUT2D eigenvalue weighted by molar-refractivity contribution is 7.80. The molecule has 12 heavy (non-hydrogen) atoms. The lowest BCUT2D eigenvalue weighted by molar-refractivity contribution is 0.113. The summed E-state index contributed by atoms with van der Waals surface area (Å²) < 4.78 is 33.3. The largest absolute Gasteiger partial charge is 0.397 e. The molecule has 0 aromatic heterocycles. The molecule has 0 aliphatic carbocycles. The van der Waals surface area contributed by atoms with Crippen LogP contribution in [0.3, 0.4) is 0 Å². The standard InChI is InChI=1S/C6H15NO4S/c1-5(7(3)4)6(2)11-12(8,9)10/h5-6H,1-4H3,(H,8,9,10). The van der Waals surface area contributed by atoms with Gasteiger partial charge in [-0.1, -0.05) is 0 Å². The molecule has 0 aliphatic rings. The Labute approximate surface area is 73.3 Å². The Morgan fingerprint density at radius 1 is 1.33 bits per heavy atom. The molecule has 0 bridgehead atoms. The molecule has 0 amide bonds. The predicted octanol–water partition coefficient (Wildman–Crippen LogP) is 0.144. The van der Waals surface area contributed by atoms with E-state index in [0.29, 0.717) is 0 Å². The fourth-order valence-electron chi connectivity index (χ4n) is 0.692. The molecule has 0 aliphatic heterocycles. The Kier molecular flexibility index (Phi) is 4.12. The number of rotatable bonds is 4. The van der Waals surface area contributed by atoms with E-state index in [2.05, 4.69) is 4.18 Å². The second-order valence-corrected chi connectivity index (χ2v) is 3.98. The zero-order valence-electron chi connectivity index (χ0n) is 7.68. The number of hydrogen-bond donors (Lipinski definition) is 1. The molecule has 0 spiro atoms. The topological polar surface area (TPSA) is 66.8 Å². The van der Waals surface area contributed by atoms with Crippen molar-refractivity contribution in [2.45, 2.75) is 26.0 Å². The predicted molar refractivity (Wildman–Crippen MR) is 45.2 cm³/mol. The molecule has 74 valence electrons. The number of nitrogens with zero attached hydrogens (tertiary/aromatic N) is 1. The summed E-state index contributed by atoms with van der Waals surface area (Å²) in [7, 11) is -0.728. The first kappa shape index (κ1) is 11.8. The first-order valence-electron chi connectivity index (χ1n) is 3.56. The third-order valence-electron chi connectivity index (χ3n) is 1.77. The molecule has 0 saturated carbocycles. The molecular weight excluding hydrogens is 182 g/mol. The summed E-state index contributed by atoms with van der Waals surface area (Å²) in [4.78, 5) is 1.80. The van der Waals surface area contributed by atoms with Crippen LogP contribution in [0.4, 0.5) is 0 Å². The van der Waals surface area contributed by atoms with E-state index in [1.54, 1.807) is 32.8 Å². The average Bonchev–Trinajstić information content (AvgIpc) is 1.82. The third-order valence-corrected chi connectivity index (χ3v) is 2.31. The van der Waals surface area contributed by atoms with Crippen molar-refractivity contribution in [2.75, 3.05) is 14.1 Å². The average molecular weight is 197 g/mol. The van der Waals surface area contributed by atoms with E-state index in [9.17, 15) is 8.42 Å². The van der Waals surface area contributed by atoms with Crippen LogP contribution in [0.5, 0.6) is 0 Å². The minimum Gasteiger partial charge on any atom is -0.304 e. The highest BCUT2D eigenvalue weighted by Gasteiger charge is 2.20. The lowest BCUT2D eigenvalue weighted by Gasteiger charge is -2.24. The molecule has 0 heterocycles. The highest BCUT2D eigenvalue weighted by atomic mass is 32.3. The third kappa shape index (κ3) is 4.66. The first-order chi connectivity index (χ1) is 5.24. The van der Waals surface area contributed by atoms with Crippen LogP contribution in [0.1, 0.15) is 13.8 Å². The summed E-state index contributed by atoms with van der Waals surface area (Å²) >= 11 is 0. The summed E-state index contributed by atoms with van der Waals surface area (Å²) in [6.07, 6.45) is -0.560. The van der Waals surface area contributed by atoms with Gasteiger partial charge in [0.25, 0.3) is 0 Å². The van der Waals surface area contributed by atoms with Crippen molar-refractivity contribution in [2.24, 2.45) is 0 Å². The molecular formula is C6H15NO4S. The van der Waals surface area contributed by atoms with Crippen molar-refractivity contribution in [1.82, 2.24) is 4.90 Å². The van der Waals surface area contributed by atoms with E-state index in [4.69, 9.17) is 4.55 Å². The maximum atomic E-state index is 10.3. The van der Waals surface area contributed by atoms with Gasteiger partial charge in [-0.3, -0.25) is 4.55 Å². The molecule has 0 aromatic rings. The Bertz CT molecular complexity index is 224. The molecule has 0 saturated heterocycles.